The average molecular weight is 319 g/mol. The van der Waals surface area contributed by atoms with Crippen LogP contribution in [0.2, 0.25) is 0 Å². The Morgan fingerprint density at radius 2 is 1.54 bits per heavy atom. The van der Waals surface area contributed by atoms with Crippen molar-refractivity contribution in [2.75, 3.05) is 16.4 Å². The second kappa shape index (κ2) is 6.37. The Labute approximate surface area is 139 Å². The Morgan fingerprint density at radius 1 is 0.958 bits per heavy atom. The number of nitrogens with two attached hydrogens (primary N) is 2. The predicted molar refractivity (Wildman–Crippen MR) is 94.9 cm³/mol. The van der Waals surface area contributed by atoms with Crippen LogP contribution in [0.5, 0.6) is 0 Å². The van der Waals surface area contributed by atoms with Gasteiger partial charge in [-0.15, -0.1) is 0 Å². The summed E-state index contributed by atoms with van der Waals surface area (Å²) in [6.07, 6.45) is 3.25. The van der Waals surface area contributed by atoms with E-state index in [9.17, 15) is 4.79 Å². The molecule has 0 bridgehead atoms. The highest BCUT2D eigenvalue weighted by Crippen LogP contribution is 2.27. The van der Waals surface area contributed by atoms with E-state index in [1.165, 1.54) is 4.90 Å². The summed E-state index contributed by atoms with van der Waals surface area (Å²) in [4.78, 5) is 23.2. The van der Waals surface area contributed by atoms with E-state index in [2.05, 4.69) is 9.97 Å². The molecule has 0 saturated heterocycles. The zero-order valence-corrected chi connectivity index (χ0v) is 13.2. The summed E-state index contributed by atoms with van der Waals surface area (Å²) in [5, 5.41) is 0. The molecule has 1 amide bonds. The number of aromatic nitrogens is 2. The van der Waals surface area contributed by atoms with Gasteiger partial charge in [0.15, 0.2) is 0 Å². The number of carbonyl (C=O) groups excluding carboxylic acids is 1. The number of rotatable bonds is 3. The SMILES string of the molecule is Cc1c(N)cc(N)cc1C(=O)N(c1ccccn1)c1ccccn1. The molecule has 0 aliphatic carbocycles. The van der Waals surface area contributed by atoms with Crippen molar-refractivity contribution in [3.8, 4) is 0 Å². The van der Waals surface area contributed by atoms with Crippen LogP contribution in [0.4, 0.5) is 23.0 Å². The largest absolute Gasteiger partial charge is 0.399 e. The van der Waals surface area contributed by atoms with Crippen LogP contribution >= 0.6 is 0 Å². The summed E-state index contributed by atoms with van der Waals surface area (Å²) in [5.74, 6) is 0.659. The van der Waals surface area contributed by atoms with Crippen molar-refractivity contribution < 1.29 is 4.79 Å². The Bertz CT molecular complexity index is 826. The minimum absolute atomic E-state index is 0.288. The highest BCUT2D eigenvalue weighted by molar-refractivity contribution is 6.11. The number of hydrogen-bond donors (Lipinski definition) is 2. The maximum Gasteiger partial charge on any atom is 0.265 e. The smallest absolute Gasteiger partial charge is 0.265 e. The minimum atomic E-state index is -0.288. The first-order chi connectivity index (χ1) is 11.6. The Kier molecular flexibility index (Phi) is 4.11. The van der Waals surface area contributed by atoms with Crippen molar-refractivity contribution >= 4 is 28.9 Å². The Hall–Kier alpha value is -3.41. The Balaban J connectivity index is 2.15. The molecule has 2 heterocycles. The summed E-state index contributed by atoms with van der Waals surface area (Å²) >= 11 is 0. The fraction of sp³-hybridized carbons (Fsp3) is 0.0556. The van der Waals surface area contributed by atoms with Gasteiger partial charge in [-0.25, -0.2) is 14.9 Å². The van der Waals surface area contributed by atoms with Crippen molar-refractivity contribution in [1.29, 1.82) is 0 Å². The molecule has 0 atom stereocenters. The third-order valence-corrected chi connectivity index (χ3v) is 3.66. The second-order valence-corrected chi connectivity index (χ2v) is 5.30. The molecule has 0 aliphatic heterocycles. The van der Waals surface area contributed by atoms with Crippen molar-refractivity contribution in [2.24, 2.45) is 0 Å². The average Bonchev–Trinajstić information content (AvgIpc) is 2.60. The first kappa shape index (κ1) is 15.5. The van der Waals surface area contributed by atoms with Gasteiger partial charge in [0.25, 0.3) is 5.91 Å². The van der Waals surface area contributed by atoms with Gasteiger partial charge in [0.05, 0.1) is 0 Å². The third kappa shape index (κ3) is 2.89. The molecule has 0 unspecified atom stereocenters. The number of nitrogens with zero attached hydrogens (tertiary/aromatic N) is 3. The molecule has 2 aromatic heterocycles. The van der Waals surface area contributed by atoms with Crippen LogP contribution in [0, 0.1) is 6.92 Å². The number of hydrogen-bond acceptors (Lipinski definition) is 5. The molecule has 6 nitrogen and oxygen atoms in total. The van der Waals surface area contributed by atoms with Crippen molar-refractivity contribution in [2.45, 2.75) is 6.92 Å². The molecule has 0 saturated carbocycles. The van der Waals surface area contributed by atoms with E-state index in [1.54, 1.807) is 55.7 Å². The highest BCUT2D eigenvalue weighted by Gasteiger charge is 2.24. The maximum absolute atomic E-state index is 13.2. The molecule has 6 heteroatoms. The first-order valence-corrected chi connectivity index (χ1v) is 7.40. The highest BCUT2D eigenvalue weighted by atomic mass is 16.2. The lowest BCUT2D eigenvalue weighted by atomic mass is 10.0. The van der Waals surface area contributed by atoms with Crippen LogP contribution in [0.1, 0.15) is 15.9 Å². The molecule has 0 spiro atoms. The van der Waals surface area contributed by atoms with E-state index >= 15 is 0 Å². The summed E-state index contributed by atoms with van der Waals surface area (Å²) < 4.78 is 0. The van der Waals surface area contributed by atoms with Gasteiger partial charge in [-0.1, -0.05) is 12.1 Å². The van der Waals surface area contributed by atoms with E-state index in [-0.39, 0.29) is 5.91 Å². The molecular weight excluding hydrogens is 302 g/mol. The van der Waals surface area contributed by atoms with Crippen molar-refractivity contribution in [3.05, 3.63) is 72.1 Å². The molecule has 0 fully saturated rings. The zero-order valence-electron chi connectivity index (χ0n) is 13.2. The fourth-order valence-corrected chi connectivity index (χ4v) is 2.40. The van der Waals surface area contributed by atoms with Gasteiger partial charge in [0, 0.05) is 29.3 Å². The van der Waals surface area contributed by atoms with Crippen LogP contribution in [0.25, 0.3) is 0 Å². The van der Waals surface area contributed by atoms with Crippen LogP contribution in [0.3, 0.4) is 0 Å². The molecular formula is C18H17N5O. The molecule has 1 aromatic carbocycles. The topological polar surface area (TPSA) is 98.1 Å². The molecule has 120 valence electrons. The van der Waals surface area contributed by atoms with E-state index in [0.29, 0.717) is 34.1 Å². The normalized spacial score (nSPS) is 10.4. The molecule has 4 N–H and O–H groups in total. The van der Waals surface area contributed by atoms with Gasteiger partial charge in [0.2, 0.25) is 0 Å². The van der Waals surface area contributed by atoms with Gasteiger partial charge >= 0.3 is 0 Å². The van der Waals surface area contributed by atoms with Gasteiger partial charge in [-0.3, -0.25) is 4.79 Å². The predicted octanol–water partition coefficient (Wildman–Crippen LogP) is 2.93. The zero-order chi connectivity index (χ0) is 17.1. The number of nitrogen functional groups attached to an aromatic ring is 2. The van der Waals surface area contributed by atoms with E-state index in [0.717, 1.165) is 0 Å². The van der Waals surface area contributed by atoms with E-state index in [1.807, 2.05) is 12.1 Å². The van der Waals surface area contributed by atoms with Gasteiger partial charge in [0.1, 0.15) is 11.6 Å². The number of benzene rings is 1. The maximum atomic E-state index is 13.2. The third-order valence-electron chi connectivity index (χ3n) is 3.66. The van der Waals surface area contributed by atoms with Gasteiger partial charge in [-0.05, 0) is 48.9 Å². The summed E-state index contributed by atoms with van der Waals surface area (Å²) in [7, 11) is 0. The summed E-state index contributed by atoms with van der Waals surface area (Å²) in [6.45, 7) is 1.79. The Morgan fingerprint density at radius 3 is 2.04 bits per heavy atom. The van der Waals surface area contributed by atoms with E-state index < -0.39 is 0 Å². The number of carbonyl (C=O) groups is 1. The standard InChI is InChI=1S/C18H17N5O/c1-12-14(10-13(19)11-15(12)20)18(24)23(16-6-2-4-8-21-16)17-7-3-5-9-22-17/h2-11H,19-20H2,1H3. The van der Waals surface area contributed by atoms with Crippen molar-refractivity contribution in [1.82, 2.24) is 9.97 Å². The number of pyridine rings is 2. The minimum Gasteiger partial charge on any atom is -0.399 e. The first-order valence-electron chi connectivity index (χ1n) is 7.40. The van der Waals surface area contributed by atoms with Gasteiger partial charge in [-0.2, -0.15) is 0 Å². The van der Waals surface area contributed by atoms with Crippen molar-refractivity contribution in [3.63, 3.8) is 0 Å². The molecule has 0 radical (unpaired) electrons. The second-order valence-electron chi connectivity index (χ2n) is 5.30. The monoisotopic (exact) mass is 319 g/mol. The number of anilines is 4. The number of amides is 1. The molecule has 24 heavy (non-hydrogen) atoms. The molecule has 0 aliphatic rings. The van der Waals surface area contributed by atoms with E-state index in [4.69, 9.17) is 11.5 Å². The fourth-order valence-electron chi connectivity index (χ4n) is 2.40. The van der Waals surface area contributed by atoms with Crippen LogP contribution in [0.15, 0.2) is 60.9 Å². The lowest BCUT2D eigenvalue weighted by Gasteiger charge is -2.22. The summed E-state index contributed by atoms with van der Waals surface area (Å²) in [6, 6.07) is 13.9. The van der Waals surface area contributed by atoms with Gasteiger partial charge < -0.3 is 11.5 Å². The quantitative estimate of drug-likeness (QED) is 0.723. The van der Waals surface area contributed by atoms with Crippen LogP contribution < -0.4 is 16.4 Å². The molecule has 3 aromatic rings. The molecule has 3 rings (SSSR count). The lowest BCUT2D eigenvalue weighted by Crippen LogP contribution is -2.28. The van der Waals surface area contributed by atoms with Crippen LogP contribution in [-0.2, 0) is 0 Å². The lowest BCUT2D eigenvalue weighted by molar-refractivity contribution is 0.0997. The van der Waals surface area contributed by atoms with Crippen LogP contribution in [-0.4, -0.2) is 15.9 Å². The summed E-state index contributed by atoms with van der Waals surface area (Å²) in [5.41, 5.74) is 13.8.